The van der Waals surface area contributed by atoms with Crippen molar-refractivity contribution in [3.63, 3.8) is 0 Å². The van der Waals surface area contributed by atoms with Gasteiger partial charge in [-0.2, -0.15) is 0 Å². The summed E-state index contributed by atoms with van der Waals surface area (Å²) in [6.45, 7) is 2.09. The molecule has 0 amide bonds. The third kappa shape index (κ3) is 3.27. The van der Waals surface area contributed by atoms with E-state index in [1.807, 2.05) is 0 Å². The van der Waals surface area contributed by atoms with Gasteiger partial charge in [-0.3, -0.25) is 0 Å². The molecule has 0 spiro atoms. The summed E-state index contributed by atoms with van der Waals surface area (Å²) < 4.78 is 26.2. The largest absolute Gasteiger partial charge is 0.324 e. The smallest absolute Gasteiger partial charge is 0.163 e. The highest BCUT2D eigenvalue weighted by Gasteiger charge is 2.13. The third-order valence-electron chi connectivity index (χ3n) is 2.50. The van der Waals surface area contributed by atoms with Gasteiger partial charge < -0.3 is 5.73 Å². The zero-order valence-electron chi connectivity index (χ0n) is 8.97. The quantitative estimate of drug-likeness (QED) is 0.744. The van der Waals surface area contributed by atoms with Crippen molar-refractivity contribution in [2.24, 2.45) is 5.73 Å². The van der Waals surface area contributed by atoms with Crippen LogP contribution in [0.4, 0.5) is 8.78 Å². The first-order valence-corrected chi connectivity index (χ1v) is 5.36. The Balaban J connectivity index is 2.65. The van der Waals surface area contributed by atoms with Crippen LogP contribution in [0.25, 0.3) is 0 Å². The van der Waals surface area contributed by atoms with Crippen LogP contribution in [0.2, 0.25) is 0 Å². The van der Waals surface area contributed by atoms with Crippen molar-refractivity contribution in [2.45, 2.75) is 38.6 Å². The molecule has 0 aliphatic heterocycles. The van der Waals surface area contributed by atoms with Crippen LogP contribution in [-0.2, 0) is 0 Å². The lowest BCUT2D eigenvalue weighted by Crippen LogP contribution is -2.12. The Bertz CT molecular complexity index is 312. The number of halogens is 2. The summed E-state index contributed by atoms with van der Waals surface area (Å²) in [6, 6.07) is 3.76. The fourth-order valence-electron chi connectivity index (χ4n) is 1.58. The monoisotopic (exact) mass is 213 g/mol. The fourth-order valence-corrected chi connectivity index (χ4v) is 1.58. The Morgan fingerprint density at radius 2 is 2.00 bits per heavy atom. The Labute approximate surface area is 89.3 Å². The summed E-state index contributed by atoms with van der Waals surface area (Å²) in [5.74, 6) is -1.63. The van der Waals surface area contributed by atoms with Crippen molar-refractivity contribution in [3.8, 4) is 0 Å². The van der Waals surface area contributed by atoms with E-state index in [0.717, 1.165) is 25.3 Å². The van der Waals surface area contributed by atoms with Crippen LogP contribution in [0.15, 0.2) is 18.2 Å². The molecule has 0 saturated heterocycles. The average molecular weight is 213 g/mol. The van der Waals surface area contributed by atoms with Crippen LogP contribution in [0.5, 0.6) is 0 Å². The van der Waals surface area contributed by atoms with Crippen molar-refractivity contribution < 1.29 is 8.78 Å². The van der Waals surface area contributed by atoms with Gasteiger partial charge in [-0.25, -0.2) is 8.78 Å². The number of rotatable bonds is 5. The molecule has 1 aromatic rings. The van der Waals surface area contributed by atoms with Gasteiger partial charge in [-0.15, -0.1) is 0 Å². The average Bonchev–Trinajstić information content (AvgIpc) is 2.22. The Morgan fingerprint density at radius 3 is 2.67 bits per heavy atom. The van der Waals surface area contributed by atoms with Crippen molar-refractivity contribution in [1.82, 2.24) is 0 Å². The molecule has 3 heteroatoms. The summed E-state index contributed by atoms with van der Waals surface area (Å²) in [7, 11) is 0. The van der Waals surface area contributed by atoms with Crippen LogP contribution in [0.1, 0.15) is 44.2 Å². The van der Waals surface area contributed by atoms with Gasteiger partial charge in [0.15, 0.2) is 11.6 Å². The minimum atomic E-state index is -0.821. The molecule has 84 valence electrons. The van der Waals surface area contributed by atoms with Crippen LogP contribution in [-0.4, -0.2) is 0 Å². The molecule has 0 aliphatic carbocycles. The normalized spacial score (nSPS) is 12.8. The lowest BCUT2D eigenvalue weighted by atomic mass is 10.0. The summed E-state index contributed by atoms with van der Waals surface area (Å²) in [6.07, 6.45) is 3.82. The Kier molecular flexibility index (Phi) is 4.69. The minimum absolute atomic E-state index is 0.283. The molecule has 15 heavy (non-hydrogen) atoms. The highest BCUT2D eigenvalue weighted by atomic mass is 19.2. The predicted molar refractivity (Wildman–Crippen MR) is 57.4 cm³/mol. The number of hydrogen-bond donors (Lipinski definition) is 1. The number of unbranched alkanes of at least 4 members (excludes halogenated alkanes) is 2. The lowest BCUT2D eigenvalue weighted by Gasteiger charge is -2.12. The standard InChI is InChI=1S/C12H17F2N/c1-2-3-4-8-11(15)9-6-5-7-10(13)12(9)14/h5-7,11H,2-4,8,15H2,1H3/t11-/m0/s1. The molecule has 0 saturated carbocycles. The second-order valence-corrected chi connectivity index (χ2v) is 3.75. The van der Waals surface area contributed by atoms with E-state index in [9.17, 15) is 8.78 Å². The van der Waals surface area contributed by atoms with E-state index < -0.39 is 17.7 Å². The van der Waals surface area contributed by atoms with Crippen molar-refractivity contribution in [1.29, 1.82) is 0 Å². The highest BCUT2D eigenvalue weighted by molar-refractivity contribution is 5.22. The SMILES string of the molecule is CCCCC[C@H](N)c1cccc(F)c1F. The summed E-state index contributed by atoms with van der Waals surface area (Å²) >= 11 is 0. The van der Waals surface area contributed by atoms with E-state index in [2.05, 4.69) is 6.92 Å². The first-order valence-electron chi connectivity index (χ1n) is 5.36. The zero-order valence-corrected chi connectivity index (χ0v) is 8.97. The van der Waals surface area contributed by atoms with Crippen LogP contribution in [0, 0.1) is 11.6 Å². The Morgan fingerprint density at radius 1 is 1.27 bits per heavy atom. The molecule has 1 rings (SSSR count). The molecule has 1 aromatic carbocycles. The summed E-state index contributed by atoms with van der Waals surface area (Å²) in [4.78, 5) is 0. The fraction of sp³-hybridized carbons (Fsp3) is 0.500. The maximum absolute atomic E-state index is 13.3. The van der Waals surface area contributed by atoms with Gasteiger partial charge in [0.2, 0.25) is 0 Å². The van der Waals surface area contributed by atoms with E-state index >= 15 is 0 Å². The zero-order chi connectivity index (χ0) is 11.3. The summed E-state index contributed by atoms with van der Waals surface area (Å²) in [5.41, 5.74) is 6.08. The second kappa shape index (κ2) is 5.81. The lowest BCUT2D eigenvalue weighted by molar-refractivity contribution is 0.478. The van der Waals surface area contributed by atoms with Crippen LogP contribution in [0.3, 0.4) is 0 Å². The van der Waals surface area contributed by atoms with Crippen LogP contribution < -0.4 is 5.73 Å². The van der Waals surface area contributed by atoms with Gasteiger partial charge in [0.05, 0.1) is 0 Å². The molecular weight excluding hydrogens is 196 g/mol. The maximum atomic E-state index is 13.3. The van der Waals surface area contributed by atoms with E-state index in [1.54, 1.807) is 6.07 Å². The van der Waals surface area contributed by atoms with Gasteiger partial charge in [-0.05, 0) is 12.5 Å². The molecule has 0 aliphatic rings. The number of nitrogens with two attached hydrogens (primary N) is 1. The molecule has 1 nitrogen and oxygen atoms in total. The van der Waals surface area contributed by atoms with E-state index in [-0.39, 0.29) is 5.56 Å². The highest BCUT2D eigenvalue weighted by Crippen LogP contribution is 2.21. The topological polar surface area (TPSA) is 26.0 Å². The molecule has 1 atom stereocenters. The minimum Gasteiger partial charge on any atom is -0.324 e. The second-order valence-electron chi connectivity index (χ2n) is 3.75. The first-order chi connectivity index (χ1) is 7.16. The van der Waals surface area contributed by atoms with Crippen molar-refractivity contribution >= 4 is 0 Å². The summed E-state index contributed by atoms with van der Waals surface area (Å²) in [5, 5.41) is 0. The predicted octanol–water partition coefficient (Wildman–Crippen LogP) is 3.54. The molecule has 0 radical (unpaired) electrons. The molecule has 0 fully saturated rings. The molecule has 0 bridgehead atoms. The molecular formula is C12H17F2N. The molecule has 0 heterocycles. The van der Waals surface area contributed by atoms with Gasteiger partial charge in [-0.1, -0.05) is 38.3 Å². The van der Waals surface area contributed by atoms with Gasteiger partial charge in [0.1, 0.15) is 0 Å². The molecule has 0 unspecified atom stereocenters. The van der Waals surface area contributed by atoms with Gasteiger partial charge in [0, 0.05) is 11.6 Å². The van der Waals surface area contributed by atoms with E-state index in [0.29, 0.717) is 6.42 Å². The van der Waals surface area contributed by atoms with Crippen LogP contribution >= 0.6 is 0 Å². The van der Waals surface area contributed by atoms with E-state index in [4.69, 9.17) is 5.73 Å². The number of hydrogen-bond acceptors (Lipinski definition) is 1. The number of benzene rings is 1. The third-order valence-corrected chi connectivity index (χ3v) is 2.50. The maximum Gasteiger partial charge on any atom is 0.163 e. The van der Waals surface area contributed by atoms with E-state index in [1.165, 1.54) is 6.07 Å². The molecule has 2 N–H and O–H groups in total. The molecule has 0 aromatic heterocycles. The van der Waals surface area contributed by atoms with Crippen molar-refractivity contribution in [2.75, 3.05) is 0 Å². The van der Waals surface area contributed by atoms with Crippen molar-refractivity contribution in [3.05, 3.63) is 35.4 Å². The van der Waals surface area contributed by atoms with Gasteiger partial charge in [0.25, 0.3) is 0 Å². The first kappa shape index (κ1) is 12.1. The van der Waals surface area contributed by atoms with Gasteiger partial charge >= 0.3 is 0 Å². The Hall–Kier alpha value is -0.960.